The first kappa shape index (κ1) is 15.0. The molecule has 22 heavy (non-hydrogen) atoms. The van der Waals surface area contributed by atoms with Gasteiger partial charge in [0, 0.05) is 23.6 Å². The smallest absolute Gasteiger partial charge is 0.240 e. The molecule has 0 bridgehead atoms. The van der Waals surface area contributed by atoms with Crippen LogP contribution in [0.4, 0.5) is 4.39 Å². The summed E-state index contributed by atoms with van der Waals surface area (Å²) in [7, 11) is 0. The number of nitrogens with one attached hydrogen (secondary N) is 2. The van der Waals surface area contributed by atoms with Crippen molar-refractivity contribution in [1.29, 1.82) is 0 Å². The van der Waals surface area contributed by atoms with E-state index < -0.39 is 5.54 Å². The Kier molecular flexibility index (Phi) is 4.16. The topological polar surface area (TPSA) is 70.9 Å². The normalized spacial score (nSPS) is 17.5. The van der Waals surface area contributed by atoms with E-state index >= 15 is 0 Å². The number of H-pyrrole nitrogens is 1. The van der Waals surface area contributed by atoms with Crippen LogP contribution in [0.2, 0.25) is 0 Å². The molecule has 1 aliphatic rings. The first-order valence-corrected chi connectivity index (χ1v) is 7.91. The summed E-state index contributed by atoms with van der Waals surface area (Å²) >= 11 is 0. The number of benzene rings is 1. The number of carbonyl (C=O) groups is 1. The van der Waals surface area contributed by atoms with E-state index in [1.807, 2.05) is 6.20 Å². The Labute approximate surface area is 129 Å². The number of rotatable bonds is 4. The summed E-state index contributed by atoms with van der Waals surface area (Å²) in [5.74, 6) is -0.307. The molecule has 5 heteroatoms. The summed E-state index contributed by atoms with van der Waals surface area (Å²) < 4.78 is 13.3. The van der Waals surface area contributed by atoms with E-state index in [4.69, 9.17) is 5.73 Å². The van der Waals surface area contributed by atoms with Crippen molar-refractivity contribution in [2.45, 2.75) is 44.1 Å². The molecule has 1 fully saturated rings. The van der Waals surface area contributed by atoms with E-state index in [-0.39, 0.29) is 11.7 Å². The summed E-state index contributed by atoms with van der Waals surface area (Å²) in [6.45, 7) is 0.515. The standard InChI is InChI=1S/C17H22FN3O/c18-13-4-5-15-14(10-13)12(11-21-15)6-9-20-16(22)17(19)7-2-1-3-8-17/h4-5,10-11,21H,1-3,6-9,19H2,(H,20,22). The first-order valence-electron chi connectivity index (χ1n) is 7.91. The summed E-state index contributed by atoms with van der Waals surface area (Å²) in [4.78, 5) is 15.4. The molecule has 1 heterocycles. The maximum absolute atomic E-state index is 13.3. The average Bonchev–Trinajstić information content (AvgIpc) is 2.90. The van der Waals surface area contributed by atoms with Gasteiger partial charge >= 0.3 is 0 Å². The van der Waals surface area contributed by atoms with Crippen LogP contribution >= 0.6 is 0 Å². The van der Waals surface area contributed by atoms with Crippen LogP contribution in [-0.2, 0) is 11.2 Å². The number of aromatic amines is 1. The van der Waals surface area contributed by atoms with E-state index in [1.54, 1.807) is 6.07 Å². The van der Waals surface area contributed by atoms with Gasteiger partial charge in [-0.2, -0.15) is 0 Å². The van der Waals surface area contributed by atoms with Gasteiger partial charge in [-0.1, -0.05) is 19.3 Å². The monoisotopic (exact) mass is 303 g/mol. The fourth-order valence-electron chi connectivity index (χ4n) is 3.25. The molecule has 1 amide bonds. The number of halogens is 1. The van der Waals surface area contributed by atoms with Crippen molar-refractivity contribution in [3.8, 4) is 0 Å². The third-order valence-corrected chi connectivity index (χ3v) is 4.61. The van der Waals surface area contributed by atoms with Gasteiger partial charge in [-0.3, -0.25) is 4.79 Å². The van der Waals surface area contributed by atoms with Crippen LogP contribution in [0.25, 0.3) is 10.9 Å². The predicted octanol–water partition coefficient (Wildman–Crippen LogP) is 2.63. The molecule has 118 valence electrons. The van der Waals surface area contributed by atoms with Gasteiger partial charge in [-0.15, -0.1) is 0 Å². The predicted molar refractivity (Wildman–Crippen MR) is 85.0 cm³/mol. The Morgan fingerprint density at radius 3 is 2.86 bits per heavy atom. The van der Waals surface area contributed by atoms with Crippen molar-refractivity contribution < 1.29 is 9.18 Å². The van der Waals surface area contributed by atoms with Crippen molar-refractivity contribution in [1.82, 2.24) is 10.3 Å². The SMILES string of the molecule is NC1(C(=O)NCCc2c[nH]c3ccc(F)cc23)CCCCC1. The second-order valence-corrected chi connectivity index (χ2v) is 6.23. The summed E-state index contributed by atoms with van der Waals surface area (Å²) in [6, 6.07) is 4.68. The van der Waals surface area contributed by atoms with Crippen molar-refractivity contribution in [3.05, 3.63) is 35.8 Å². The quantitative estimate of drug-likeness (QED) is 0.812. The van der Waals surface area contributed by atoms with Crippen LogP contribution < -0.4 is 11.1 Å². The lowest BCUT2D eigenvalue weighted by atomic mass is 9.82. The molecule has 1 saturated carbocycles. The molecule has 1 aromatic carbocycles. The van der Waals surface area contributed by atoms with E-state index in [0.717, 1.165) is 48.6 Å². The van der Waals surface area contributed by atoms with Gasteiger partial charge in [-0.05, 0) is 43.0 Å². The number of hydrogen-bond donors (Lipinski definition) is 3. The van der Waals surface area contributed by atoms with Gasteiger partial charge in [0.25, 0.3) is 0 Å². The first-order chi connectivity index (χ1) is 10.6. The van der Waals surface area contributed by atoms with Crippen LogP contribution in [0.1, 0.15) is 37.7 Å². The second kappa shape index (κ2) is 6.08. The fraction of sp³-hybridized carbons (Fsp3) is 0.471. The molecule has 0 saturated heterocycles. The molecule has 3 rings (SSSR count). The molecule has 0 spiro atoms. The van der Waals surface area contributed by atoms with Gasteiger partial charge in [-0.25, -0.2) is 4.39 Å². The van der Waals surface area contributed by atoms with Crippen LogP contribution in [0.5, 0.6) is 0 Å². The minimum atomic E-state index is -0.704. The minimum Gasteiger partial charge on any atom is -0.361 e. The van der Waals surface area contributed by atoms with Crippen LogP contribution in [0, 0.1) is 5.82 Å². The molecular formula is C17H22FN3O. The number of fused-ring (bicyclic) bond motifs is 1. The van der Waals surface area contributed by atoms with E-state index in [2.05, 4.69) is 10.3 Å². The number of hydrogen-bond acceptors (Lipinski definition) is 2. The molecule has 1 aromatic heterocycles. The van der Waals surface area contributed by atoms with Crippen molar-refractivity contribution in [3.63, 3.8) is 0 Å². The van der Waals surface area contributed by atoms with Gasteiger partial charge in [0.2, 0.25) is 5.91 Å². The number of carbonyl (C=O) groups excluding carboxylic acids is 1. The highest BCUT2D eigenvalue weighted by atomic mass is 19.1. The van der Waals surface area contributed by atoms with E-state index in [1.165, 1.54) is 12.1 Å². The van der Waals surface area contributed by atoms with Gasteiger partial charge in [0.05, 0.1) is 5.54 Å². The van der Waals surface area contributed by atoms with Gasteiger partial charge in [0.15, 0.2) is 0 Å². The van der Waals surface area contributed by atoms with E-state index in [0.29, 0.717) is 13.0 Å². The summed E-state index contributed by atoms with van der Waals surface area (Å²) in [5, 5.41) is 3.81. The largest absolute Gasteiger partial charge is 0.361 e. The van der Waals surface area contributed by atoms with Crippen molar-refractivity contribution in [2.24, 2.45) is 5.73 Å². The molecule has 0 aliphatic heterocycles. The Hall–Kier alpha value is -1.88. The third kappa shape index (κ3) is 2.99. The highest BCUT2D eigenvalue weighted by Crippen LogP contribution is 2.26. The van der Waals surface area contributed by atoms with Crippen LogP contribution in [-0.4, -0.2) is 23.0 Å². The zero-order valence-corrected chi connectivity index (χ0v) is 12.6. The van der Waals surface area contributed by atoms with Crippen molar-refractivity contribution in [2.75, 3.05) is 6.54 Å². The maximum Gasteiger partial charge on any atom is 0.240 e. The van der Waals surface area contributed by atoms with Crippen molar-refractivity contribution >= 4 is 16.8 Å². The lowest BCUT2D eigenvalue weighted by Gasteiger charge is -2.31. The molecular weight excluding hydrogens is 281 g/mol. The zero-order valence-electron chi connectivity index (χ0n) is 12.6. The Morgan fingerprint density at radius 1 is 1.32 bits per heavy atom. The highest BCUT2D eigenvalue weighted by molar-refractivity contribution is 5.86. The highest BCUT2D eigenvalue weighted by Gasteiger charge is 2.34. The molecule has 4 N–H and O–H groups in total. The molecule has 0 unspecified atom stereocenters. The molecule has 0 atom stereocenters. The fourth-order valence-corrected chi connectivity index (χ4v) is 3.25. The minimum absolute atomic E-state index is 0.0572. The Bertz CT molecular complexity index is 674. The van der Waals surface area contributed by atoms with Gasteiger partial charge < -0.3 is 16.0 Å². The number of nitrogens with two attached hydrogens (primary N) is 1. The lowest BCUT2D eigenvalue weighted by Crippen LogP contribution is -2.55. The molecule has 1 aliphatic carbocycles. The van der Waals surface area contributed by atoms with E-state index in [9.17, 15) is 9.18 Å². The average molecular weight is 303 g/mol. The third-order valence-electron chi connectivity index (χ3n) is 4.61. The molecule has 4 nitrogen and oxygen atoms in total. The maximum atomic E-state index is 13.3. The summed E-state index contributed by atoms with van der Waals surface area (Å²) in [6.07, 6.45) is 7.25. The Balaban J connectivity index is 1.60. The van der Waals surface area contributed by atoms with Crippen LogP contribution in [0.3, 0.4) is 0 Å². The molecule has 0 radical (unpaired) electrons. The summed E-state index contributed by atoms with van der Waals surface area (Å²) in [5.41, 5.74) is 7.41. The number of amides is 1. The molecule has 2 aromatic rings. The second-order valence-electron chi connectivity index (χ2n) is 6.23. The number of aromatic nitrogens is 1. The van der Waals surface area contributed by atoms with Crippen LogP contribution in [0.15, 0.2) is 24.4 Å². The van der Waals surface area contributed by atoms with Gasteiger partial charge in [0.1, 0.15) is 5.82 Å². The lowest BCUT2D eigenvalue weighted by molar-refractivity contribution is -0.127. The zero-order chi connectivity index (χ0) is 15.6. The Morgan fingerprint density at radius 2 is 2.09 bits per heavy atom.